The molecule has 0 fully saturated rings. The molecule has 1 aliphatic rings. The molecule has 8 nitrogen and oxygen atoms in total. The number of amides is 1. The van der Waals surface area contributed by atoms with Gasteiger partial charge in [0.25, 0.3) is 0 Å². The van der Waals surface area contributed by atoms with Crippen molar-refractivity contribution < 1.29 is 28.6 Å². The van der Waals surface area contributed by atoms with Gasteiger partial charge in [-0.3, -0.25) is 9.59 Å². The van der Waals surface area contributed by atoms with Crippen LogP contribution in [0.1, 0.15) is 41.5 Å². The lowest BCUT2D eigenvalue weighted by Gasteiger charge is -2.28. The van der Waals surface area contributed by atoms with Gasteiger partial charge in [0, 0.05) is 6.54 Å². The first-order valence-electron chi connectivity index (χ1n) is 9.87. The first kappa shape index (κ1) is 24.9. The van der Waals surface area contributed by atoms with Crippen molar-refractivity contribution >= 4 is 18.0 Å². The summed E-state index contributed by atoms with van der Waals surface area (Å²) in [5, 5.41) is 0. The van der Waals surface area contributed by atoms with Crippen molar-refractivity contribution in [3.05, 3.63) is 12.2 Å². The normalized spacial score (nSPS) is 20.2. The average Bonchev–Trinajstić information content (AvgIpc) is 2.75. The zero-order valence-corrected chi connectivity index (χ0v) is 19.0. The summed E-state index contributed by atoms with van der Waals surface area (Å²) >= 11 is 0. The van der Waals surface area contributed by atoms with Gasteiger partial charge >= 0.3 is 18.0 Å². The molecule has 1 rings (SSSR count). The summed E-state index contributed by atoms with van der Waals surface area (Å²) in [6.07, 6.45) is 1.49. The largest absolute Gasteiger partial charge is 0.456 e. The summed E-state index contributed by atoms with van der Waals surface area (Å²) in [6, 6.07) is 0. The number of hydrogen-bond acceptors (Lipinski definition) is 7. The topological polar surface area (TPSA) is 85.4 Å². The van der Waals surface area contributed by atoms with Crippen molar-refractivity contribution in [3.8, 4) is 0 Å². The molecule has 0 saturated heterocycles. The predicted molar refractivity (Wildman–Crippen MR) is 109 cm³/mol. The van der Waals surface area contributed by atoms with Gasteiger partial charge in [-0.15, -0.1) is 0 Å². The zero-order chi connectivity index (χ0) is 22.4. The van der Waals surface area contributed by atoms with Gasteiger partial charge in [-0.25, -0.2) is 4.79 Å². The van der Waals surface area contributed by atoms with Crippen molar-refractivity contribution in [2.45, 2.75) is 53.8 Å². The second-order valence-corrected chi connectivity index (χ2v) is 9.60. The summed E-state index contributed by atoms with van der Waals surface area (Å²) in [4.78, 5) is 40.4. The highest BCUT2D eigenvalue weighted by molar-refractivity contribution is 5.76. The number of nitrogens with zero attached hydrogens (tertiary/aromatic N) is 2. The number of likely N-dealkylation sites (N-methyl/N-ethyl adjacent to an activating group) is 1. The average molecular weight is 413 g/mol. The van der Waals surface area contributed by atoms with Gasteiger partial charge in [-0.2, -0.15) is 0 Å². The molecular weight excluding hydrogens is 376 g/mol. The molecular formula is C21H36N2O6. The highest BCUT2D eigenvalue weighted by atomic mass is 16.6. The Hall–Kier alpha value is -2.09. The van der Waals surface area contributed by atoms with Crippen LogP contribution < -0.4 is 0 Å². The Morgan fingerprint density at radius 2 is 1.31 bits per heavy atom. The fourth-order valence-electron chi connectivity index (χ4n) is 2.22. The first-order chi connectivity index (χ1) is 13.2. The Kier molecular flexibility index (Phi) is 8.68. The summed E-state index contributed by atoms with van der Waals surface area (Å²) in [7, 11) is 3.77. The monoisotopic (exact) mass is 412 g/mol. The molecule has 2 atom stereocenters. The minimum absolute atomic E-state index is 0.128. The molecule has 1 aliphatic heterocycles. The summed E-state index contributed by atoms with van der Waals surface area (Å²) in [5.74, 6) is -0.753. The van der Waals surface area contributed by atoms with Gasteiger partial charge in [0.05, 0.1) is 23.9 Å². The number of hydrogen-bond donors (Lipinski definition) is 0. The second-order valence-electron chi connectivity index (χ2n) is 9.60. The smallest absolute Gasteiger partial charge is 0.410 e. The molecule has 0 aromatic carbocycles. The van der Waals surface area contributed by atoms with Gasteiger partial charge in [0.2, 0.25) is 0 Å². The third kappa shape index (κ3) is 8.85. The van der Waals surface area contributed by atoms with Gasteiger partial charge in [-0.1, -0.05) is 0 Å². The lowest BCUT2D eigenvalue weighted by Crippen LogP contribution is -2.43. The van der Waals surface area contributed by atoms with E-state index in [1.807, 2.05) is 19.0 Å². The van der Waals surface area contributed by atoms with E-state index in [9.17, 15) is 14.4 Å². The standard InChI is InChI=1S/C21H36N2O6/c1-20(2,3)17(24)28-15-9-10-16(29-18(25)21(4,5)6)14-23(13-15)19(26)27-12-11-22(7)8/h9-10,15-16H,11-14H2,1-8H3/t15-,16-/m0/s1. The fraction of sp³-hybridized carbons (Fsp3) is 0.762. The van der Waals surface area contributed by atoms with Crippen LogP contribution in [0.5, 0.6) is 0 Å². The van der Waals surface area contributed by atoms with Gasteiger partial charge < -0.3 is 24.0 Å². The molecule has 0 spiro atoms. The van der Waals surface area contributed by atoms with Crippen LogP contribution in [0.4, 0.5) is 4.79 Å². The van der Waals surface area contributed by atoms with E-state index in [2.05, 4.69) is 0 Å². The van der Waals surface area contributed by atoms with Crippen LogP contribution in [-0.2, 0) is 23.8 Å². The molecule has 0 aromatic rings. The van der Waals surface area contributed by atoms with Crippen LogP contribution >= 0.6 is 0 Å². The van der Waals surface area contributed by atoms with Crippen LogP contribution in [0.2, 0.25) is 0 Å². The van der Waals surface area contributed by atoms with Crippen molar-refractivity contribution in [1.82, 2.24) is 9.80 Å². The highest BCUT2D eigenvalue weighted by Crippen LogP contribution is 2.21. The SMILES string of the molecule is CN(C)CCOC(=O)N1C[C@@H](OC(=O)C(C)(C)C)C=C[C@H](OC(=O)C(C)(C)C)C1. The van der Waals surface area contributed by atoms with E-state index in [1.54, 1.807) is 53.7 Å². The quantitative estimate of drug-likeness (QED) is 0.389. The van der Waals surface area contributed by atoms with Gasteiger partial charge in [0.15, 0.2) is 0 Å². The number of carbonyl (C=O) groups is 3. The van der Waals surface area contributed by atoms with E-state index in [-0.39, 0.29) is 31.6 Å². The van der Waals surface area contributed by atoms with Crippen molar-refractivity contribution in [3.63, 3.8) is 0 Å². The van der Waals surface area contributed by atoms with Crippen LogP contribution in [0, 0.1) is 10.8 Å². The number of rotatable bonds is 5. The van der Waals surface area contributed by atoms with Crippen LogP contribution in [0.15, 0.2) is 12.2 Å². The van der Waals surface area contributed by atoms with Crippen LogP contribution in [0.25, 0.3) is 0 Å². The molecule has 0 aromatic heterocycles. The summed E-state index contributed by atoms with van der Waals surface area (Å²) in [6.45, 7) is 11.6. The molecule has 166 valence electrons. The van der Waals surface area contributed by atoms with E-state index in [0.717, 1.165) is 0 Å². The maximum Gasteiger partial charge on any atom is 0.410 e. The Labute approximate surface area is 174 Å². The molecule has 1 amide bonds. The Bertz CT molecular complexity index is 576. The van der Waals surface area contributed by atoms with Gasteiger partial charge in [0.1, 0.15) is 18.8 Å². The third-order valence-electron chi connectivity index (χ3n) is 4.10. The molecule has 0 radical (unpaired) electrons. The van der Waals surface area contributed by atoms with E-state index < -0.39 is 29.1 Å². The van der Waals surface area contributed by atoms with E-state index in [1.165, 1.54) is 4.90 Å². The molecule has 1 heterocycles. The molecule has 8 heteroatoms. The lowest BCUT2D eigenvalue weighted by molar-refractivity contribution is -0.157. The van der Waals surface area contributed by atoms with E-state index in [0.29, 0.717) is 6.54 Å². The highest BCUT2D eigenvalue weighted by Gasteiger charge is 2.33. The zero-order valence-electron chi connectivity index (χ0n) is 19.0. The van der Waals surface area contributed by atoms with E-state index >= 15 is 0 Å². The Morgan fingerprint density at radius 3 is 1.66 bits per heavy atom. The van der Waals surface area contributed by atoms with Crippen molar-refractivity contribution in [1.29, 1.82) is 0 Å². The molecule has 29 heavy (non-hydrogen) atoms. The molecule has 0 bridgehead atoms. The Balaban J connectivity index is 2.93. The second kappa shape index (κ2) is 10.1. The minimum atomic E-state index is -0.671. The van der Waals surface area contributed by atoms with E-state index in [4.69, 9.17) is 14.2 Å². The predicted octanol–water partition coefficient (Wildman–Crippen LogP) is 2.47. The maximum atomic E-state index is 12.6. The minimum Gasteiger partial charge on any atom is -0.456 e. The summed E-state index contributed by atoms with van der Waals surface area (Å²) in [5.41, 5.74) is -1.34. The van der Waals surface area contributed by atoms with Gasteiger partial charge in [-0.05, 0) is 67.8 Å². The Morgan fingerprint density at radius 1 is 0.897 bits per heavy atom. The van der Waals surface area contributed by atoms with Crippen molar-refractivity contribution in [2.24, 2.45) is 10.8 Å². The number of esters is 2. The third-order valence-corrected chi connectivity index (χ3v) is 4.10. The molecule has 0 aliphatic carbocycles. The summed E-state index contributed by atoms with van der Waals surface area (Å²) < 4.78 is 16.4. The van der Waals surface area contributed by atoms with Crippen LogP contribution in [-0.4, -0.2) is 80.4 Å². The van der Waals surface area contributed by atoms with Crippen LogP contribution in [0.3, 0.4) is 0 Å². The number of carbonyl (C=O) groups excluding carboxylic acids is 3. The van der Waals surface area contributed by atoms with Crippen molar-refractivity contribution in [2.75, 3.05) is 40.3 Å². The molecule has 0 unspecified atom stereocenters. The molecule has 0 saturated carbocycles. The first-order valence-corrected chi connectivity index (χ1v) is 9.87. The maximum absolute atomic E-state index is 12.6. The fourth-order valence-corrected chi connectivity index (χ4v) is 2.22. The molecule has 0 N–H and O–H groups in total. The number of ether oxygens (including phenoxy) is 3. The lowest BCUT2D eigenvalue weighted by atomic mass is 9.97.